The molecule has 7 nitrogen and oxygen atoms in total. The minimum absolute atomic E-state index is 0. The largest absolute Gasteiger partial charge is 0.352 e. The number of rotatable bonds is 8. The molecule has 1 atom stereocenters. The maximum Gasteiger partial charge on any atom is 0.251 e. The monoisotopic (exact) mass is 370 g/mol. The van der Waals surface area contributed by atoms with E-state index in [-0.39, 0.29) is 42.6 Å². The fourth-order valence-electron chi connectivity index (χ4n) is 1.84. The third-order valence-electron chi connectivity index (χ3n) is 3.41. The number of anilines is 1. The average Bonchev–Trinajstić information content (AvgIpc) is 2.57. The quantitative estimate of drug-likeness (QED) is 0.552. The van der Waals surface area contributed by atoms with Crippen molar-refractivity contribution in [2.24, 2.45) is 11.7 Å². The molecule has 1 aromatic rings. The minimum Gasteiger partial charge on any atom is -0.352 e. The molecule has 0 spiro atoms. The molecular weight excluding hydrogens is 344 g/mol. The smallest absolute Gasteiger partial charge is 0.251 e. The lowest BCUT2D eigenvalue weighted by Crippen LogP contribution is -2.46. The normalized spacial score (nSPS) is 11.2. The molecule has 140 valence electrons. The summed E-state index contributed by atoms with van der Waals surface area (Å²) < 4.78 is 0. The van der Waals surface area contributed by atoms with Crippen molar-refractivity contribution in [3.8, 4) is 0 Å². The fraction of sp³-hybridized carbons (Fsp3) is 0.471. The van der Waals surface area contributed by atoms with Gasteiger partial charge in [0, 0.05) is 17.8 Å². The summed E-state index contributed by atoms with van der Waals surface area (Å²) in [5.41, 5.74) is 6.77. The zero-order chi connectivity index (χ0) is 18.1. The van der Waals surface area contributed by atoms with Crippen molar-refractivity contribution in [1.29, 1.82) is 0 Å². The Bertz CT molecular complexity index is 576. The van der Waals surface area contributed by atoms with E-state index in [2.05, 4.69) is 16.0 Å². The Morgan fingerprint density at radius 3 is 2.20 bits per heavy atom. The number of benzene rings is 1. The summed E-state index contributed by atoms with van der Waals surface area (Å²) in [5.74, 6) is -0.866. The van der Waals surface area contributed by atoms with E-state index in [1.165, 1.54) is 0 Å². The summed E-state index contributed by atoms with van der Waals surface area (Å²) in [6, 6.07) is 5.90. The van der Waals surface area contributed by atoms with Gasteiger partial charge in [0.15, 0.2) is 0 Å². The van der Waals surface area contributed by atoms with Crippen LogP contribution in [-0.4, -0.2) is 36.9 Å². The highest BCUT2D eigenvalue weighted by Crippen LogP contribution is 2.09. The second-order valence-electron chi connectivity index (χ2n) is 5.87. The topological polar surface area (TPSA) is 113 Å². The first-order chi connectivity index (χ1) is 11.3. The summed E-state index contributed by atoms with van der Waals surface area (Å²) in [7, 11) is 0. The molecule has 0 fully saturated rings. The van der Waals surface area contributed by atoms with Gasteiger partial charge in [0.1, 0.15) is 0 Å². The van der Waals surface area contributed by atoms with Crippen LogP contribution in [-0.2, 0) is 9.59 Å². The van der Waals surface area contributed by atoms with Crippen LogP contribution in [0.2, 0.25) is 0 Å². The molecule has 1 rings (SSSR count). The predicted molar refractivity (Wildman–Crippen MR) is 101 cm³/mol. The Hall–Kier alpha value is -2.12. The SMILES string of the molecule is CCCNC(=O)c1ccc(NC(=O)CNC(=O)[C@@H](N)C(C)C)cc1.Cl. The van der Waals surface area contributed by atoms with Crippen molar-refractivity contribution in [2.45, 2.75) is 33.2 Å². The molecule has 0 radical (unpaired) electrons. The van der Waals surface area contributed by atoms with Crippen LogP contribution in [0.5, 0.6) is 0 Å². The molecule has 5 N–H and O–H groups in total. The summed E-state index contributed by atoms with van der Waals surface area (Å²) in [5, 5.41) is 7.92. The van der Waals surface area contributed by atoms with Crippen LogP contribution in [0, 0.1) is 5.92 Å². The Balaban J connectivity index is 0.00000576. The molecular formula is C17H27ClN4O3. The second kappa shape index (κ2) is 11.4. The first-order valence-corrected chi connectivity index (χ1v) is 8.06. The zero-order valence-electron chi connectivity index (χ0n) is 14.8. The lowest BCUT2D eigenvalue weighted by molar-refractivity contribution is -0.125. The molecule has 0 saturated heterocycles. The van der Waals surface area contributed by atoms with Crippen LogP contribution in [0.25, 0.3) is 0 Å². The van der Waals surface area contributed by atoms with Gasteiger partial charge in [-0.3, -0.25) is 14.4 Å². The number of carbonyl (C=O) groups excluding carboxylic acids is 3. The standard InChI is InChI=1S/C17H26N4O3.ClH/c1-4-9-19-16(23)12-5-7-13(8-6-12)21-14(22)10-20-17(24)15(18)11(2)3;/h5-8,11,15H,4,9-10,18H2,1-3H3,(H,19,23)(H,20,24)(H,21,22);1H/t15-;/m0./s1. The summed E-state index contributed by atoms with van der Waals surface area (Å²) >= 11 is 0. The van der Waals surface area contributed by atoms with Gasteiger partial charge in [0.25, 0.3) is 5.91 Å². The summed E-state index contributed by atoms with van der Waals surface area (Å²) in [4.78, 5) is 35.3. The van der Waals surface area contributed by atoms with E-state index in [4.69, 9.17) is 5.73 Å². The van der Waals surface area contributed by atoms with Gasteiger partial charge in [-0.1, -0.05) is 20.8 Å². The van der Waals surface area contributed by atoms with Gasteiger partial charge in [-0.15, -0.1) is 12.4 Å². The third-order valence-corrected chi connectivity index (χ3v) is 3.41. The van der Waals surface area contributed by atoms with Gasteiger partial charge in [0.2, 0.25) is 11.8 Å². The maximum atomic E-state index is 11.8. The number of carbonyl (C=O) groups is 3. The average molecular weight is 371 g/mol. The molecule has 8 heteroatoms. The fourth-order valence-corrected chi connectivity index (χ4v) is 1.84. The summed E-state index contributed by atoms with van der Waals surface area (Å²) in [6.45, 7) is 6.12. The number of hydrogen-bond acceptors (Lipinski definition) is 4. The van der Waals surface area contributed by atoms with E-state index in [9.17, 15) is 14.4 Å². The van der Waals surface area contributed by atoms with Crippen molar-refractivity contribution in [1.82, 2.24) is 10.6 Å². The first kappa shape index (κ1) is 22.9. The van der Waals surface area contributed by atoms with Gasteiger partial charge in [-0.25, -0.2) is 0 Å². The van der Waals surface area contributed by atoms with Crippen LogP contribution in [0.15, 0.2) is 24.3 Å². The van der Waals surface area contributed by atoms with E-state index in [0.717, 1.165) is 6.42 Å². The highest BCUT2D eigenvalue weighted by molar-refractivity contribution is 5.97. The van der Waals surface area contributed by atoms with Crippen molar-refractivity contribution < 1.29 is 14.4 Å². The van der Waals surface area contributed by atoms with Gasteiger partial charge in [0.05, 0.1) is 12.6 Å². The van der Waals surface area contributed by atoms with E-state index in [0.29, 0.717) is 17.8 Å². The van der Waals surface area contributed by atoms with Crippen LogP contribution < -0.4 is 21.7 Å². The zero-order valence-corrected chi connectivity index (χ0v) is 15.6. The van der Waals surface area contributed by atoms with E-state index < -0.39 is 6.04 Å². The number of halogens is 1. The summed E-state index contributed by atoms with van der Waals surface area (Å²) in [6.07, 6.45) is 0.867. The van der Waals surface area contributed by atoms with E-state index >= 15 is 0 Å². The lowest BCUT2D eigenvalue weighted by Gasteiger charge is -2.15. The van der Waals surface area contributed by atoms with Gasteiger partial charge in [-0.05, 0) is 36.6 Å². The Morgan fingerprint density at radius 2 is 1.68 bits per heavy atom. The number of nitrogens with one attached hydrogen (secondary N) is 3. The Kier molecular flexibility index (Phi) is 10.5. The highest BCUT2D eigenvalue weighted by atomic mass is 35.5. The number of nitrogens with two attached hydrogens (primary N) is 1. The van der Waals surface area contributed by atoms with E-state index in [1.54, 1.807) is 24.3 Å². The van der Waals surface area contributed by atoms with Crippen LogP contribution in [0.1, 0.15) is 37.6 Å². The Morgan fingerprint density at radius 1 is 1.08 bits per heavy atom. The van der Waals surface area contributed by atoms with Crippen LogP contribution in [0.3, 0.4) is 0 Å². The molecule has 25 heavy (non-hydrogen) atoms. The molecule has 0 heterocycles. The molecule has 0 aromatic heterocycles. The highest BCUT2D eigenvalue weighted by Gasteiger charge is 2.17. The molecule has 3 amide bonds. The maximum absolute atomic E-state index is 11.8. The molecule has 0 aliphatic rings. The molecule has 0 aliphatic carbocycles. The minimum atomic E-state index is -0.640. The van der Waals surface area contributed by atoms with Crippen LogP contribution >= 0.6 is 12.4 Å². The van der Waals surface area contributed by atoms with Crippen molar-refractivity contribution in [3.63, 3.8) is 0 Å². The van der Waals surface area contributed by atoms with Crippen molar-refractivity contribution in [3.05, 3.63) is 29.8 Å². The Labute approximate surface area is 154 Å². The van der Waals surface area contributed by atoms with Gasteiger partial charge < -0.3 is 21.7 Å². The molecule has 0 unspecified atom stereocenters. The number of amides is 3. The molecule has 0 aliphatic heterocycles. The molecule has 0 bridgehead atoms. The van der Waals surface area contributed by atoms with Gasteiger partial charge >= 0.3 is 0 Å². The number of hydrogen-bond donors (Lipinski definition) is 4. The third kappa shape index (κ3) is 8.00. The van der Waals surface area contributed by atoms with Crippen molar-refractivity contribution in [2.75, 3.05) is 18.4 Å². The van der Waals surface area contributed by atoms with E-state index in [1.807, 2.05) is 20.8 Å². The van der Waals surface area contributed by atoms with Gasteiger partial charge in [-0.2, -0.15) is 0 Å². The second-order valence-corrected chi connectivity index (χ2v) is 5.87. The predicted octanol–water partition coefficient (Wildman–Crippen LogP) is 1.29. The van der Waals surface area contributed by atoms with Crippen molar-refractivity contribution >= 4 is 35.8 Å². The molecule has 0 saturated carbocycles. The first-order valence-electron chi connectivity index (χ1n) is 8.06. The molecule has 1 aromatic carbocycles. The lowest BCUT2D eigenvalue weighted by atomic mass is 10.1. The van der Waals surface area contributed by atoms with Crippen LogP contribution in [0.4, 0.5) is 5.69 Å².